The van der Waals surface area contributed by atoms with Crippen LogP contribution in [0.3, 0.4) is 0 Å². The first-order valence-corrected chi connectivity index (χ1v) is 5.78. The topological polar surface area (TPSA) is 17.1 Å². The SMILES string of the molecule is CC1(C)C=CCC2CCCC(C=O)C21. The van der Waals surface area contributed by atoms with Gasteiger partial charge in [0.25, 0.3) is 0 Å². The monoisotopic (exact) mass is 192 g/mol. The lowest BCUT2D eigenvalue weighted by Gasteiger charge is -2.46. The quantitative estimate of drug-likeness (QED) is 0.460. The smallest absolute Gasteiger partial charge is 0.123 e. The van der Waals surface area contributed by atoms with Gasteiger partial charge in [-0.05, 0) is 36.5 Å². The summed E-state index contributed by atoms with van der Waals surface area (Å²) in [5.74, 6) is 1.67. The van der Waals surface area contributed by atoms with E-state index < -0.39 is 0 Å². The van der Waals surface area contributed by atoms with Gasteiger partial charge in [0.2, 0.25) is 0 Å². The third-order valence-corrected chi connectivity index (χ3v) is 4.10. The average molecular weight is 192 g/mol. The first kappa shape index (κ1) is 9.95. The zero-order valence-corrected chi connectivity index (χ0v) is 9.20. The van der Waals surface area contributed by atoms with Gasteiger partial charge in [0.15, 0.2) is 0 Å². The van der Waals surface area contributed by atoms with E-state index in [4.69, 9.17) is 0 Å². The van der Waals surface area contributed by atoms with Crippen molar-refractivity contribution in [2.75, 3.05) is 0 Å². The van der Waals surface area contributed by atoms with Gasteiger partial charge in [0.05, 0.1) is 0 Å². The summed E-state index contributed by atoms with van der Waals surface area (Å²) in [6.07, 6.45) is 10.7. The third-order valence-electron chi connectivity index (χ3n) is 4.10. The maximum absolute atomic E-state index is 11.1. The van der Waals surface area contributed by atoms with Gasteiger partial charge in [0, 0.05) is 5.92 Å². The van der Waals surface area contributed by atoms with Crippen LogP contribution in [0.25, 0.3) is 0 Å². The van der Waals surface area contributed by atoms with Crippen LogP contribution in [0.4, 0.5) is 0 Å². The van der Waals surface area contributed by atoms with E-state index in [1.165, 1.54) is 25.5 Å². The second kappa shape index (κ2) is 3.52. The van der Waals surface area contributed by atoms with Gasteiger partial charge in [-0.25, -0.2) is 0 Å². The Balaban J connectivity index is 2.27. The van der Waals surface area contributed by atoms with Crippen LogP contribution in [0.1, 0.15) is 39.5 Å². The number of aldehydes is 1. The molecule has 0 aromatic heterocycles. The Kier molecular flexibility index (Phi) is 2.50. The van der Waals surface area contributed by atoms with E-state index in [0.717, 1.165) is 12.3 Å². The second-order valence-corrected chi connectivity index (χ2v) is 5.48. The van der Waals surface area contributed by atoms with Gasteiger partial charge in [-0.3, -0.25) is 0 Å². The second-order valence-electron chi connectivity index (χ2n) is 5.48. The van der Waals surface area contributed by atoms with Crippen molar-refractivity contribution in [3.8, 4) is 0 Å². The molecule has 0 saturated heterocycles. The van der Waals surface area contributed by atoms with Crippen molar-refractivity contribution in [3.05, 3.63) is 12.2 Å². The van der Waals surface area contributed by atoms with Crippen molar-refractivity contribution >= 4 is 6.29 Å². The first-order chi connectivity index (χ1) is 6.65. The van der Waals surface area contributed by atoms with Crippen LogP contribution in [0.15, 0.2) is 12.2 Å². The molecule has 1 fully saturated rings. The fourth-order valence-electron chi connectivity index (χ4n) is 3.56. The number of carbonyl (C=O) groups is 1. The van der Waals surface area contributed by atoms with Crippen LogP contribution < -0.4 is 0 Å². The fraction of sp³-hybridized carbons (Fsp3) is 0.769. The van der Waals surface area contributed by atoms with Crippen molar-refractivity contribution in [1.82, 2.24) is 0 Å². The molecule has 1 saturated carbocycles. The largest absolute Gasteiger partial charge is 0.303 e. The number of rotatable bonds is 1. The molecular weight excluding hydrogens is 172 g/mol. The molecule has 0 radical (unpaired) electrons. The third kappa shape index (κ3) is 1.53. The number of fused-ring (bicyclic) bond motifs is 1. The molecule has 78 valence electrons. The summed E-state index contributed by atoms with van der Waals surface area (Å²) in [5.41, 5.74) is 0.231. The van der Waals surface area contributed by atoms with Gasteiger partial charge < -0.3 is 4.79 Å². The van der Waals surface area contributed by atoms with Crippen LogP contribution >= 0.6 is 0 Å². The number of hydrogen-bond acceptors (Lipinski definition) is 1. The zero-order chi connectivity index (χ0) is 10.2. The summed E-state index contributed by atoms with van der Waals surface area (Å²) < 4.78 is 0. The number of hydrogen-bond donors (Lipinski definition) is 0. The molecule has 0 heterocycles. The molecular formula is C13H20O. The Morgan fingerprint density at radius 3 is 2.86 bits per heavy atom. The summed E-state index contributed by atoms with van der Waals surface area (Å²) in [4.78, 5) is 11.1. The minimum absolute atomic E-state index is 0.231. The van der Waals surface area contributed by atoms with E-state index in [1.807, 2.05) is 0 Å². The number of allylic oxidation sites excluding steroid dienone is 2. The van der Waals surface area contributed by atoms with Gasteiger partial charge in [-0.2, -0.15) is 0 Å². The highest BCUT2D eigenvalue weighted by Crippen LogP contribution is 2.49. The highest BCUT2D eigenvalue weighted by atomic mass is 16.1. The summed E-state index contributed by atoms with van der Waals surface area (Å²) >= 11 is 0. The van der Waals surface area contributed by atoms with Gasteiger partial charge >= 0.3 is 0 Å². The highest BCUT2D eigenvalue weighted by molar-refractivity contribution is 5.55. The van der Waals surface area contributed by atoms with E-state index in [9.17, 15) is 4.79 Å². The summed E-state index contributed by atoms with van der Waals surface area (Å²) in [6.45, 7) is 4.56. The highest BCUT2D eigenvalue weighted by Gasteiger charge is 2.42. The normalized spacial score (nSPS) is 40.3. The Bertz CT molecular complexity index is 252. The fourth-order valence-corrected chi connectivity index (χ4v) is 3.56. The molecule has 2 rings (SSSR count). The summed E-state index contributed by atoms with van der Waals surface area (Å²) in [7, 11) is 0. The van der Waals surface area contributed by atoms with Crippen LogP contribution in [-0.2, 0) is 4.79 Å². The molecule has 2 aliphatic rings. The Labute approximate surface area is 86.6 Å². The Hall–Kier alpha value is -0.590. The van der Waals surface area contributed by atoms with Gasteiger partial charge in [-0.15, -0.1) is 0 Å². The zero-order valence-electron chi connectivity index (χ0n) is 9.20. The molecule has 0 amide bonds. The maximum atomic E-state index is 11.1. The number of carbonyl (C=O) groups excluding carboxylic acids is 1. The van der Waals surface area contributed by atoms with Crippen LogP contribution in [0.5, 0.6) is 0 Å². The van der Waals surface area contributed by atoms with Crippen LogP contribution in [0.2, 0.25) is 0 Å². The molecule has 0 bridgehead atoms. The molecule has 0 aromatic carbocycles. The first-order valence-electron chi connectivity index (χ1n) is 5.78. The molecule has 14 heavy (non-hydrogen) atoms. The predicted octanol–water partition coefficient (Wildman–Crippen LogP) is 3.20. The van der Waals surface area contributed by atoms with E-state index in [0.29, 0.717) is 11.8 Å². The van der Waals surface area contributed by atoms with E-state index in [2.05, 4.69) is 26.0 Å². The Morgan fingerprint density at radius 2 is 2.14 bits per heavy atom. The molecule has 3 atom stereocenters. The molecule has 0 aromatic rings. The Morgan fingerprint density at radius 1 is 1.36 bits per heavy atom. The molecule has 0 aliphatic heterocycles. The van der Waals surface area contributed by atoms with Crippen molar-refractivity contribution in [2.45, 2.75) is 39.5 Å². The van der Waals surface area contributed by atoms with Gasteiger partial charge in [-0.1, -0.05) is 32.4 Å². The van der Waals surface area contributed by atoms with Crippen molar-refractivity contribution in [3.63, 3.8) is 0 Å². The average Bonchev–Trinajstić information content (AvgIpc) is 2.16. The van der Waals surface area contributed by atoms with E-state index in [1.54, 1.807) is 0 Å². The predicted molar refractivity (Wildman–Crippen MR) is 57.9 cm³/mol. The molecule has 1 nitrogen and oxygen atoms in total. The van der Waals surface area contributed by atoms with Crippen LogP contribution in [0, 0.1) is 23.2 Å². The minimum Gasteiger partial charge on any atom is -0.303 e. The van der Waals surface area contributed by atoms with Crippen molar-refractivity contribution in [1.29, 1.82) is 0 Å². The standard InChI is InChI=1S/C13H20O/c1-13(2)8-4-7-10-5-3-6-11(9-14)12(10)13/h4,8-12H,3,5-7H2,1-2H3. The molecule has 3 unspecified atom stereocenters. The van der Waals surface area contributed by atoms with Crippen molar-refractivity contribution in [2.24, 2.45) is 23.2 Å². The lowest BCUT2D eigenvalue weighted by molar-refractivity contribution is -0.116. The lowest BCUT2D eigenvalue weighted by atomic mass is 9.58. The maximum Gasteiger partial charge on any atom is 0.123 e. The molecule has 0 N–H and O–H groups in total. The molecule has 2 aliphatic carbocycles. The van der Waals surface area contributed by atoms with Crippen molar-refractivity contribution < 1.29 is 4.79 Å². The lowest BCUT2D eigenvalue weighted by Crippen LogP contribution is -2.40. The molecule has 0 spiro atoms. The van der Waals surface area contributed by atoms with E-state index >= 15 is 0 Å². The van der Waals surface area contributed by atoms with Gasteiger partial charge in [0.1, 0.15) is 6.29 Å². The van der Waals surface area contributed by atoms with Crippen LogP contribution in [-0.4, -0.2) is 6.29 Å². The summed E-state index contributed by atoms with van der Waals surface area (Å²) in [5, 5.41) is 0. The molecule has 1 heteroatoms. The van der Waals surface area contributed by atoms with E-state index in [-0.39, 0.29) is 5.41 Å². The summed E-state index contributed by atoms with van der Waals surface area (Å²) in [6, 6.07) is 0. The minimum atomic E-state index is 0.231.